The quantitative estimate of drug-likeness (QED) is 0.858. The average Bonchev–Trinajstić information content (AvgIpc) is 2.64. The van der Waals surface area contributed by atoms with E-state index < -0.39 is 5.60 Å². The first-order valence-electron chi connectivity index (χ1n) is 6.10. The molecule has 0 aliphatic heterocycles. The number of halogens is 1. The summed E-state index contributed by atoms with van der Waals surface area (Å²) in [5, 5.41) is 10.8. The third kappa shape index (κ3) is 2.61. The van der Waals surface area contributed by atoms with Gasteiger partial charge in [0.2, 0.25) is 0 Å². The number of rotatable bonds is 3. The molecule has 1 aliphatic carbocycles. The van der Waals surface area contributed by atoms with Crippen LogP contribution in [0.5, 0.6) is 0 Å². The van der Waals surface area contributed by atoms with Crippen LogP contribution < -0.4 is 0 Å². The molecular weight excluding hydrogens is 240 g/mol. The van der Waals surface area contributed by atoms with Crippen LogP contribution >= 0.6 is 22.9 Å². The van der Waals surface area contributed by atoms with Crippen molar-refractivity contribution in [2.24, 2.45) is 5.92 Å². The fourth-order valence-corrected chi connectivity index (χ4v) is 4.06. The van der Waals surface area contributed by atoms with Crippen LogP contribution in [0, 0.1) is 5.92 Å². The lowest BCUT2D eigenvalue weighted by molar-refractivity contribution is -0.0485. The van der Waals surface area contributed by atoms with E-state index in [1.807, 2.05) is 12.1 Å². The van der Waals surface area contributed by atoms with Gasteiger partial charge in [0.1, 0.15) is 0 Å². The molecule has 1 aliphatic rings. The van der Waals surface area contributed by atoms with Crippen molar-refractivity contribution in [1.82, 2.24) is 0 Å². The zero-order valence-corrected chi connectivity index (χ0v) is 11.3. The summed E-state index contributed by atoms with van der Waals surface area (Å²) in [6.45, 7) is 2.18. The fourth-order valence-electron chi connectivity index (χ4n) is 2.86. The predicted octanol–water partition coefficient (Wildman–Crippen LogP) is 4.28. The summed E-state index contributed by atoms with van der Waals surface area (Å²) in [5.74, 6) is 0.460. The normalized spacial score (nSPS) is 30.6. The molecule has 1 fully saturated rings. The molecule has 0 amide bonds. The zero-order chi connectivity index (χ0) is 11.6. The smallest absolute Gasteiger partial charge is 0.0931 e. The van der Waals surface area contributed by atoms with E-state index in [-0.39, 0.29) is 0 Å². The van der Waals surface area contributed by atoms with E-state index in [1.165, 1.54) is 17.7 Å². The third-order valence-corrected chi connectivity index (χ3v) is 5.01. The highest BCUT2D eigenvalue weighted by Gasteiger charge is 2.37. The summed E-state index contributed by atoms with van der Waals surface area (Å²) in [5.41, 5.74) is -0.485. The van der Waals surface area contributed by atoms with Crippen molar-refractivity contribution in [1.29, 1.82) is 0 Å². The first-order chi connectivity index (χ1) is 7.64. The minimum Gasteiger partial charge on any atom is -0.389 e. The molecule has 1 aromatic rings. The molecule has 90 valence electrons. The van der Waals surface area contributed by atoms with E-state index in [1.54, 1.807) is 11.3 Å². The number of aliphatic hydroxyl groups is 1. The number of hydrogen-bond acceptors (Lipinski definition) is 2. The molecule has 1 heterocycles. The maximum atomic E-state index is 10.8. The Labute approximate surface area is 106 Å². The largest absolute Gasteiger partial charge is 0.389 e. The summed E-state index contributed by atoms with van der Waals surface area (Å²) in [7, 11) is 0. The van der Waals surface area contributed by atoms with Gasteiger partial charge in [-0.2, -0.15) is 0 Å². The SMILES string of the molecule is CCC1CCCCC1(O)Cc1ccc(Cl)s1. The van der Waals surface area contributed by atoms with Crippen LogP contribution in [0.15, 0.2) is 12.1 Å². The van der Waals surface area contributed by atoms with Crippen LogP contribution in [0.3, 0.4) is 0 Å². The van der Waals surface area contributed by atoms with Crippen LogP contribution in [-0.4, -0.2) is 10.7 Å². The van der Waals surface area contributed by atoms with Crippen molar-refractivity contribution in [3.8, 4) is 0 Å². The van der Waals surface area contributed by atoms with Gasteiger partial charge in [0.15, 0.2) is 0 Å². The van der Waals surface area contributed by atoms with Gasteiger partial charge >= 0.3 is 0 Å². The summed E-state index contributed by atoms with van der Waals surface area (Å²) in [6.07, 6.45) is 6.41. The Hall–Kier alpha value is -0.0500. The Kier molecular flexibility index (Phi) is 3.93. The Morgan fingerprint density at radius 2 is 2.31 bits per heavy atom. The maximum Gasteiger partial charge on any atom is 0.0931 e. The van der Waals surface area contributed by atoms with Crippen LogP contribution in [0.25, 0.3) is 0 Å². The van der Waals surface area contributed by atoms with Crippen molar-refractivity contribution < 1.29 is 5.11 Å². The van der Waals surface area contributed by atoms with E-state index in [0.717, 1.165) is 30.0 Å². The van der Waals surface area contributed by atoms with Gasteiger partial charge < -0.3 is 5.11 Å². The second-order valence-corrected chi connectivity index (χ2v) is 6.64. The molecule has 0 spiro atoms. The molecule has 2 unspecified atom stereocenters. The van der Waals surface area contributed by atoms with Gasteiger partial charge in [-0.15, -0.1) is 11.3 Å². The van der Waals surface area contributed by atoms with Gasteiger partial charge in [-0.05, 0) is 30.9 Å². The molecule has 2 rings (SSSR count). The van der Waals surface area contributed by atoms with Gasteiger partial charge in [-0.3, -0.25) is 0 Å². The van der Waals surface area contributed by atoms with Gasteiger partial charge in [0.05, 0.1) is 9.94 Å². The van der Waals surface area contributed by atoms with E-state index in [0.29, 0.717) is 5.92 Å². The fraction of sp³-hybridized carbons (Fsp3) is 0.692. The Morgan fingerprint density at radius 1 is 1.50 bits per heavy atom. The Balaban J connectivity index is 2.10. The molecule has 0 saturated heterocycles. The predicted molar refractivity (Wildman–Crippen MR) is 70.2 cm³/mol. The molecule has 3 heteroatoms. The van der Waals surface area contributed by atoms with Crippen molar-refractivity contribution in [3.05, 3.63) is 21.3 Å². The molecule has 0 aromatic carbocycles. The molecule has 1 N–H and O–H groups in total. The third-order valence-electron chi connectivity index (χ3n) is 3.77. The second-order valence-electron chi connectivity index (χ2n) is 4.84. The van der Waals surface area contributed by atoms with Gasteiger partial charge in [0, 0.05) is 11.3 Å². The van der Waals surface area contributed by atoms with Gasteiger partial charge in [0.25, 0.3) is 0 Å². The maximum absolute atomic E-state index is 10.8. The van der Waals surface area contributed by atoms with E-state index in [4.69, 9.17) is 11.6 Å². The average molecular weight is 259 g/mol. The molecule has 2 atom stereocenters. The Morgan fingerprint density at radius 3 is 2.94 bits per heavy atom. The molecular formula is C13H19ClOS. The molecule has 16 heavy (non-hydrogen) atoms. The highest BCUT2D eigenvalue weighted by Crippen LogP contribution is 2.39. The summed E-state index contributed by atoms with van der Waals surface area (Å²) in [6, 6.07) is 3.97. The summed E-state index contributed by atoms with van der Waals surface area (Å²) < 4.78 is 0.822. The molecule has 0 radical (unpaired) electrons. The van der Waals surface area contributed by atoms with Gasteiger partial charge in [-0.1, -0.05) is 37.8 Å². The highest BCUT2D eigenvalue weighted by molar-refractivity contribution is 7.16. The molecule has 0 bridgehead atoms. The first-order valence-corrected chi connectivity index (χ1v) is 7.30. The van der Waals surface area contributed by atoms with E-state index in [9.17, 15) is 5.11 Å². The lowest BCUT2D eigenvalue weighted by Gasteiger charge is -2.39. The van der Waals surface area contributed by atoms with Gasteiger partial charge in [-0.25, -0.2) is 0 Å². The van der Waals surface area contributed by atoms with E-state index in [2.05, 4.69) is 6.92 Å². The highest BCUT2D eigenvalue weighted by atomic mass is 35.5. The van der Waals surface area contributed by atoms with Crippen molar-refractivity contribution in [2.75, 3.05) is 0 Å². The summed E-state index contributed by atoms with van der Waals surface area (Å²) >= 11 is 7.53. The minimum atomic E-state index is -0.485. The summed E-state index contributed by atoms with van der Waals surface area (Å²) in [4.78, 5) is 1.22. The number of hydrogen-bond donors (Lipinski definition) is 1. The van der Waals surface area contributed by atoms with Crippen molar-refractivity contribution >= 4 is 22.9 Å². The Bertz CT molecular complexity index is 349. The lowest BCUT2D eigenvalue weighted by atomic mass is 9.72. The van der Waals surface area contributed by atoms with Crippen molar-refractivity contribution in [3.63, 3.8) is 0 Å². The topological polar surface area (TPSA) is 20.2 Å². The van der Waals surface area contributed by atoms with Crippen LogP contribution in [0.2, 0.25) is 4.34 Å². The monoisotopic (exact) mass is 258 g/mol. The molecule has 1 saturated carbocycles. The number of thiophene rings is 1. The standard InChI is InChI=1S/C13H19ClOS/c1-2-10-5-3-4-8-13(10,15)9-11-6-7-12(14)16-11/h6-7,10,15H,2-5,8-9H2,1H3. The zero-order valence-electron chi connectivity index (χ0n) is 9.71. The lowest BCUT2D eigenvalue weighted by Crippen LogP contribution is -2.42. The van der Waals surface area contributed by atoms with Crippen LogP contribution in [0.1, 0.15) is 43.9 Å². The minimum absolute atomic E-state index is 0.460. The first kappa shape index (κ1) is 12.4. The van der Waals surface area contributed by atoms with Crippen LogP contribution in [0.4, 0.5) is 0 Å². The molecule has 1 aromatic heterocycles. The molecule has 1 nitrogen and oxygen atoms in total. The van der Waals surface area contributed by atoms with E-state index >= 15 is 0 Å². The second kappa shape index (κ2) is 5.07. The van der Waals surface area contributed by atoms with Crippen molar-refractivity contribution in [2.45, 2.75) is 51.0 Å². The van der Waals surface area contributed by atoms with Crippen LogP contribution in [-0.2, 0) is 6.42 Å².